The summed E-state index contributed by atoms with van der Waals surface area (Å²) < 4.78 is 5.37. The van der Waals surface area contributed by atoms with Crippen molar-refractivity contribution in [3.8, 4) is 0 Å². The van der Waals surface area contributed by atoms with Gasteiger partial charge >= 0.3 is 5.97 Å². The zero-order valence-electron chi connectivity index (χ0n) is 11.3. The molecule has 0 spiro atoms. The lowest BCUT2D eigenvalue weighted by Gasteiger charge is -2.28. The minimum absolute atomic E-state index is 0.0290. The van der Waals surface area contributed by atoms with Crippen molar-refractivity contribution < 1.29 is 24.9 Å². The standard InChI is InChI=1S/C15H20O5/c1-7-3-4-10-13(20-14(18)15(10,19)6-16)12-8(2)11(17)5-9(7)12/h9-13,16-17,19H,1-6H2/t9-,10+,11-,12-,13-,15-/m1/s1. The predicted molar refractivity (Wildman–Crippen MR) is 70.5 cm³/mol. The topological polar surface area (TPSA) is 87.0 Å². The monoisotopic (exact) mass is 280 g/mol. The first-order valence-corrected chi connectivity index (χ1v) is 6.99. The van der Waals surface area contributed by atoms with Crippen molar-refractivity contribution in [2.75, 3.05) is 6.61 Å². The Kier molecular flexibility index (Phi) is 3.04. The molecule has 5 heteroatoms. The van der Waals surface area contributed by atoms with Crippen LogP contribution in [0.25, 0.3) is 0 Å². The number of carbonyl (C=O) groups excluding carboxylic acids is 1. The van der Waals surface area contributed by atoms with E-state index in [1.165, 1.54) is 0 Å². The fourth-order valence-electron chi connectivity index (χ4n) is 4.05. The SMILES string of the molecule is C=C1[C@H]2[C@@H]3OC(=O)[C@@](O)(CO)[C@H]3CCC(=C)[C@H]2C[C@H]1O. The first kappa shape index (κ1) is 13.8. The van der Waals surface area contributed by atoms with E-state index in [2.05, 4.69) is 13.2 Å². The van der Waals surface area contributed by atoms with E-state index >= 15 is 0 Å². The Hall–Kier alpha value is -1.17. The van der Waals surface area contributed by atoms with Crippen molar-refractivity contribution in [1.29, 1.82) is 0 Å². The molecule has 0 bridgehead atoms. The molecule has 20 heavy (non-hydrogen) atoms. The van der Waals surface area contributed by atoms with Crippen molar-refractivity contribution in [2.24, 2.45) is 17.8 Å². The predicted octanol–water partition coefficient (Wildman–Crippen LogP) is 0.155. The summed E-state index contributed by atoms with van der Waals surface area (Å²) in [5.41, 5.74) is -0.199. The van der Waals surface area contributed by atoms with E-state index in [0.29, 0.717) is 24.8 Å². The Morgan fingerprint density at radius 1 is 1.40 bits per heavy atom. The third-order valence-electron chi connectivity index (χ3n) is 5.27. The summed E-state index contributed by atoms with van der Waals surface area (Å²) in [6, 6.07) is 0. The van der Waals surface area contributed by atoms with Crippen LogP contribution in [0.15, 0.2) is 24.3 Å². The number of fused-ring (bicyclic) bond motifs is 3. The van der Waals surface area contributed by atoms with Crippen LogP contribution in [-0.4, -0.2) is 45.7 Å². The molecule has 0 amide bonds. The molecule has 0 aromatic rings. The second-order valence-corrected chi connectivity index (χ2v) is 6.21. The lowest BCUT2D eigenvalue weighted by atomic mass is 9.78. The molecule has 1 aliphatic heterocycles. The molecule has 0 aromatic heterocycles. The van der Waals surface area contributed by atoms with Crippen LogP contribution in [0.2, 0.25) is 0 Å². The second-order valence-electron chi connectivity index (χ2n) is 6.21. The fraction of sp³-hybridized carbons (Fsp3) is 0.667. The van der Waals surface area contributed by atoms with E-state index in [1.54, 1.807) is 0 Å². The summed E-state index contributed by atoms with van der Waals surface area (Å²) in [7, 11) is 0. The number of rotatable bonds is 1. The molecule has 1 saturated heterocycles. The maximum Gasteiger partial charge on any atom is 0.341 e. The first-order valence-electron chi connectivity index (χ1n) is 6.99. The highest BCUT2D eigenvalue weighted by Crippen LogP contribution is 2.53. The van der Waals surface area contributed by atoms with Crippen LogP contribution < -0.4 is 0 Å². The van der Waals surface area contributed by atoms with Gasteiger partial charge in [-0.1, -0.05) is 18.7 Å². The highest BCUT2D eigenvalue weighted by molar-refractivity contribution is 5.82. The maximum absolute atomic E-state index is 11.9. The summed E-state index contributed by atoms with van der Waals surface area (Å²) in [4.78, 5) is 11.9. The zero-order chi connectivity index (χ0) is 14.7. The number of aliphatic hydroxyl groups is 3. The van der Waals surface area contributed by atoms with Gasteiger partial charge in [-0.2, -0.15) is 0 Å². The number of allylic oxidation sites excluding steroid dienone is 1. The van der Waals surface area contributed by atoms with Gasteiger partial charge in [0, 0.05) is 11.8 Å². The van der Waals surface area contributed by atoms with Gasteiger partial charge in [-0.05, 0) is 30.8 Å². The van der Waals surface area contributed by atoms with Crippen molar-refractivity contribution >= 4 is 5.97 Å². The minimum Gasteiger partial charge on any atom is -0.459 e. The molecule has 110 valence electrons. The van der Waals surface area contributed by atoms with Crippen LogP contribution >= 0.6 is 0 Å². The molecule has 0 unspecified atom stereocenters. The highest BCUT2D eigenvalue weighted by atomic mass is 16.6. The van der Waals surface area contributed by atoms with E-state index in [-0.39, 0.29) is 11.8 Å². The molecule has 6 atom stereocenters. The van der Waals surface area contributed by atoms with Crippen LogP contribution in [0.5, 0.6) is 0 Å². The van der Waals surface area contributed by atoms with Crippen LogP contribution in [0, 0.1) is 17.8 Å². The fourth-order valence-corrected chi connectivity index (χ4v) is 4.05. The average Bonchev–Trinajstić information content (AvgIpc) is 2.79. The van der Waals surface area contributed by atoms with Crippen molar-refractivity contribution in [3.63, 3.8) is 0 Å². The lowest BCUT2D eigenvalue weighted by Crippen LogP contribution is -2.46. The van der Waals surface area contributed by atoms with Crippen molar-refractivity contribution in [3.05, 3.63) is 24.3 Å². The molecule has 3 aliphatic rings. The second kappa shape index (κ2) is 4.41. The van der Waals surface area contributed by atoms with E-state index in [1.807, 2.05) is 0 Å². The summed E-state index contributed by atoms with van der Waals surface area (Å²) in [5, 5.41) is 29.8. The summed E-state index contributed by atoms with van der Waals surface area (Å²) in [6.45, 7) is 7.35. The zero-order valence-corrected chi connectivity index (χ0v) is 11.3. The molecule has 1 heterocycles. The number of carbonyl (C=O) groups is 1. The summed E-state index contributed by atoms with van der Waals surface area (Å²) in [6.07, 6.45) is 0.584. The first-order chi connectivity index (χ1) is 9.40. The van der Waals surface area contributed by atoms with Gasteiger partial charge in [0.1, 0.15) is 6.10 Å². The Balaban J connectivity index is 2.02. The lowest BCUT2D eigenvalue weighted by molar-refractivity contribution is -0.159. The van der Waals surface area contributed by atoms with Gasteiger partial charge in [0.2, 0.25) is 0 Å². The summed E-state index contributed by atoms with van der Waals surface area (Å²) >= 11 is 0. The van der Waals surface area contributed by atoms with E-state index in [9.17, 15) is 20.1 Å². The largest absolute Gasteiger partial charge is 0.459 e. The van der Waals surface area contributed by atoms with E-state index in [4.69, 9.17) is 4.74 Å². The van der Waals surface area contributed by atoms with Crippen LogP contribution in [0.1, 0.15) is 19.3 Å². The van der Waals surface area contributed by atoms with Crippen molar-refractivity contribution in [2.45, 2.75) is 37.1 Å². The molecule has 0 radical (unpaired) electrons. The molecule has 2 saturated carbocycles. The summed E-state index contributed by atoms with van der Waals surface area (Å²) in [5.74, 6) is -1.43. The molecule has 5 nitrogen and oxygen atoms in total. The van der Waals surface area contributed by atoms with Gasteiger partial charge in [0.15, 0.2) is 5.60 Å². The van der Waals surface area contributed by atoms with E-state index < -0.39 is 36.3 Å². The Bertz CT molecular complexity index is 485. The quantitative estimate of drug-likeness (QED) is 0.470. The molecular weight excluding hydrogens is 260 g/mol. The molecule has 0 aromatic carbocycles. The van der Waals surface area contributed by atoms with Crippen LogP contribution in [0.3, 0.4) is 0 Å². The minimum atomic E-state index is -1.84. The molecule has 3 fully saturated rings. The van der Waals surface area contributed by atoms with Gasteiger partial charge in [0.05, 0.1) is 12.7 Å². The molecule has 2 aliphatic carbocycles. The normalized spacial score (nSPS) is 47.8. The number of hydrogen-bond acceptors (Lipinski definition) is 5. The molecular formula is C15H20O5. The average molecular weight is 280 g/mol. The van der Waals surface area contributed by atoms with Gasteiger partial charge in [0.25, 0.3) is 0 Å². The van der Waals surface area contributed by atoms with Gasteiger partial charge < -0.3 is 20.1 Å². The number of hydrogen-bond donors (Lipinski definition) is 3. The molecule has 3 rings (SSSR count). The van der Waals surface area contributed by atoms with Gasteiger partial charge in [-0.25, -0.2) is 4.79 Å². The highest BCUT2D eigenvalue weighted by Gasteiger charge is 2.61. The van der Waals surface area contributed by atoms with Crippen LogP contribution in [0.4, 0.5) is 0 Å². The Morgan fingerprint density at radius 3 is 2.75 bits per heavy atom. The number of aliphatic hydroxyl groups excluding tert-OH is 2. The van der Waals surface area contributed by atoms with Gasteiger partial charge in [-0.15, -0.1) is 0 Å². The third-order valence-corrected chi connectivity index (χ3v) is 5.27. The van der Waals surface area contributed by atoms with E-state index in [0.717, 1.165) is 5.57 Å². The number of esters is 1. The number of ether oxygens (including phenoxy) is 1. The Morgan fingerprint density at radius 2 is 2.10 bits per heavy atom. The third kappa shape index (κ3) is 1.63. The maximum atomic E-state index is 11.9. The molecule has 3 N–H and O–H groups in total. The smallest absolute Gasteiger partial charge is 0.341 e. The van der Waals surface area contributed by atoms with Crippen molar-refractivity contribution in [1.82, 2.24) is 0 Å². The Labute approximate surface area is 117 Å². The van der Waals surface area contributed by atoms with Gasteiger partial charge in [-0.3, -0.25) is 0 Å². The van der Waals surface area contributed by atoms with Crippen LogP contribution in [-0.2, 0) is 9.53 Å².